The van der Waals surface area contributed by atoms with Crippen LogP contribution in [0.1, 0.15) is 62.4 Å². The summed E-state index contributed by atoms with van der Waals surface area (Å²) in [5, 5.41) is 20.8. The average molecular weight is 326 g/mol. The van der Waals surface area contributed by atoms with Crippen molar-refractivity contribution in [1.29, 1.82) is 0 Å². The Morgan fingerprint density at radius 2 is 1.67 bits per heavy atom. The molecule has 0 amide bonds. The van der Waals surface area contributed by atoms with E-state index in [1.54, 1.807) is 0 Å². The van der Waals surface area contributed by atoms with E-state index in [1.807, 2.05) is 44.2 Å². The van der Waals surface area contributed by atoms with Crippen LogP contribution in [0, 0.1) is 0 Å². The highest BCUT2D eigenvalue weighted by molar-refractivity contribution is 5.87. The van der Waals surface area contributed by atoms with Gasteiger partial charge < -0.3 is 10.2 Å². The van der Waals surface area contributed by atoms with E-state index in [-0.39, 0.29) is 23.1 Å². The van der Waals surface area contributed by atoms with Gasteiger partial charge in [-0.2, -0.15) is 9.97 Å². The number of nitrogens with zero attached hydrogens (tertiary/aromatic N) is 2. The van der Waals surface area contributed by atoms with Gasteiger partial charge in [0.1, 0.15) is 11.6 Å². The van der Waals surface area contributed by atoms with Crippen molar-refractivity contribution >= 4 is 5.78 Å². The fourth-order valence-corrected chi connectivity index (χ4v) is 3.31. The molecule has 0 aliphatic heterocycles. The van der Waals surface area contributed by atoms with Gasteiger partial charge in [-0.15, -0.1) is 0 Å². The zero-order valence-electron chi connectivity index (χ0n) is 14.0. The van der Waals surface area contributed by atoms with Crippen molar-refractivity contribution < 1.29 is 15.0 Å². The summed E-state index contributed by atoms with van der Waals surface area (Å²) in [4.78, 5) is 20.6. The molecular weight excluding hydrogens is 304 g/mol. The topological polar surface area (TPSA) is 83.3 Å². The molecule has 1 aliphatic carbocycles. The lowest BCUT2D eigenvalue weighted by Crippen LogP contribution is -2.24. The number of hydrogen-bond acceptors (Lipinski definition) is 5. The van der Waals surface area contributed by atoms with Crippen molar-refractivity contribution in [3.8, 4) is 11.8 Å². The van der Waals surface area contributed by atoms with Crippen molar-refractivity contribution in [3.63, 3.8) is 0 Å². The summed E-state index contributed by atoms with van der Waals surface area (Å²) in [6, 6.07) is 9.68. The van der Waals surface area contributed by atoms with Crippen LogP contribution in [0.4, 0.5) is 0 Å². The van der Waals surface area contributed by atoms with Gasteiger partial charge in [-0.3, -0.25) is 4.79 Å². The second-order valence-electron chi connectivity index (χ2n) is 6.86. The molecule has 0 spiro atoms. The number of ketones is 1. The lowest BCUT2D eigenvalue weighted by Gasteiger charge is -2.26. The van der Waals surface area contributed by atoms with E-state index in [9.17, 15) is 15.0 Å². The largest absolute Gasteiger partial charge is 0.493 e. The second-order valence-corrected chi connectivity index (χ2v) is 6.86. The maximum atomic E-state index is 12.1. The lowest BCUT2D eigenvalue weighted by molar-refractivity contribution is -0.122. The third-order valence-corrected chi connectivity index (χ3v) is 4.86. The molecule has 1 aliphatic rings. The molecule has 1 unspecified atom stereocenters. The maximum absolute atomic E-state index is 12.1. The molecule has 1 aromatic carbocycles. The zero-order chi connectivity index (χ0) is 17.3. The second kappa shape index (κ2) is 6.23. The van der Waals surface area contributed by atoms with Crippen molar-refractivity contribution in [3.05, 3.63) is 47.3 Å². The van der Waals surface area contributed by atoms with Crippen LogP contribution in [0.3, 0.4) is 0 Å². The van der Waals surface area contributed by atoms with Crippen molar-refractivity contribution in [2.45, 2.75) is 50.9 Å². The first-order valence-electron chi connectivity index (χ1n) is 8.30. The molecule has 5 nitrogen and oxygen atoms in total. The van der Waals surface area contributed by atoms with Gasteiger partial charge in [-0.25, -0.2) is 0 Å². The van der Waals surface area contributed by atoms with Crippen LogP contribution in [0.25, 0.3) is 0 Å². The molecule has 126 valence electrons. The fraction of sp³-hybridized carbons (Fsp3) is 0.421. The van der Waals surface area contributed by atoms with E-state index >= 15 is 0 Å². The molecule has 1 heterocycles. The molecule has 24 heavy (non-hydrogen) atoms. The number of carbonyl (C=O) groups excluding carboxylic acids is 1. The van der Waals surface area contributed by atoms with Crippen LogP contribution in [-0.4, -0.2) is 26.0 Å². The summed E-state index contributed by atoms with van der Waals surface area (Å²) in [5.74, 6) is -0.725. The molecular formula is C19H22N2O3. The van der Waals surface area contributed by atoms with Gasteiger partial charge in [-0.1, -0.05) is 36.8 Å². The standard InChI is InChI=1S/C19H22N2O3/c1-19(2,12-8-4-3-5-9-12)18-20-16(23)15(17(24)21-18)13-10-6-7-11-14(13)22/h3-5,8-9,13H,6-7,10-11H2,1-2H3,(H2,20,21,23,24). The van der Waals surface area contributed by atoms with E-state index in [4.69, 9.17) is 0 Å². The molecule has 2 N–H and O–H groups in total. The molecule has 2 aromatic rings. The van der Waals surface area contributed by atoms with Crippen LogP contribution in [-0.2, 0) is 10.2 Å². The minimum Gasteiger partial charge on any atom is -0.493 e. The molecule has 1 saturated carbocycles. The van der Waals surface area contributed by atoms with Crippen LogP contribution in [0.2, 0.25) is 0 Å². The number of rotatable bonds is 3. The molecule has 0 radical (unpaired) electrons. The Labute approximate surface area is 141 Å². The quantitative estimate of drug-likeness (QED) is 0.902. The van der Waals surface area contributed by atoms with Crippen LogP contribution >= 0.6 is 0 Å². The minimum atomic E-state index is -0.578. The average Bonchev–Trinajstić information content (AvgIpc) is 2.56. The number of hydrogen-bond donors (Lipinski definition) is 2. The van der Waals surface area contributed by atoms with Gasteiger partial charge in [0.05, 0.1) is 11.5 Å². The Hall–Kier alpha value is -2.43. The molecule has 3 rings (SSSR count). The van der Waals surface area contributed by atoms with E-state index in [0.717, 1.165) is 18.4 Å². The van der Waals surface area contributed by atoms with Crippen molar-refractivity contribution in [2.75, 3.05) is 0 Å². The molecule has 1 fully saturated rings. The van der Waals surface area contributed by atoms with Crippen LogP contribution < -0.4 is 0 Å². The summed E-state index contributed by atoms with van der Waals surface area (Å²) in [7, 11) is 0. The number of benzene rings is 1. The minimum absolute atomic E-state index is 0.0329. The number of Topliss-reactive ketones (excluding diaryl/α,β-unsaturated/α-hetero) is 1. The summed E-state index contributed by atoms with van der Waals surface area (Å²) in [6.07, 6.45) is 2.84. The first-order valence-corrected chi connectivity index (χ1v) is 8.30. The molecule has 5 heteroatoms. The highest BCUT2D eigenvalue weighted by Crippen LogP contribution is 2.40. The van der Waals surface area contributed by atoms with E-state index in [1.165, 1.54) is 0 Å². The third-order valence-electron chi connectivity index (χ3n) is 4.86. The Morgan fingerprint density at radius 1 is 1.04 bits per heavy atom. The monoisotopic (exact) mass is 326 g/mol. The number of aromatic nitrogens is 2. The van der Waals surface area contributed by atoms with E-state index < -0.39 is 11.3 Å². The Balaban J connectivity index is 2.02. The van der Waals surface area contributed by atoms with Gasteiger partial charge >= 0.3 is 0 Å². The van der Waals surface area contributed by atoms with Crippen LogP contribution in [0.5, 0.6) is 11.8 Å². The molecule has 1 atom stereocenters. The fourth-order valence-electron chi connectivity index (χ4n) is 3.31. The highest BCUT2D eigenvalue weighted by Gasteiger charge is 2.33. The predicted molar refractivity (Wildman–Crippen MR) is 90.1 cm³/mol. The van der Waals surface area contributed by atoms with Gasteiger partial charge in [0.15, 0.2) is 0 Å². The normalized spacial score (nSPS) is 18.6. The van der Waals surface area contributed by atoms with Crippen molar-refractivity contribution in [1.82, 2.24) is 9.97 Å². The van der Waals surface area contributed by atoms with Gasteiger partial charge in [0.25, 0.3) is 0 Å². The maximum Gasteiger partial charge on any atom is 0.222 e. The Morgan fingerprint density at radius 3 is 2.25 bits per heavy atom. The van der Waals surface area contributed by atoms with Gasteiger partial charge in [0.2, 0.25) is 11.8 Å². The van der Waals surface area contributed by atoms with Crippen LogP contribution in [0.15, 0.2) is 30.3 Å². The first-order chi connectivity index (χ1) is 11.4. The predicted octanol–water partition coefficient (Wildman–Crippen LogP) is 3.44. The van der Waals surface area contributed by atoms with E-state index in [0.29, 0.717) is 18.7 Å². The molecule has 0 bridgehead atoms. The lowest BCUT2D eigenvalue weighted by atomic mass is 9.82. The summed E-state index contributed by atoms with van der Waals surface area (Å²) < 4.78 is 0. The zero-order valence-corrected chi connectivity index (χ0v) is 14.0. The Bertz CT molecular complexity index is 733. The first kappa shape index (κ1) is 16.4. The summed E-state index contributed by atoms with van der Waals surface area (Å²) in [5.41, 5.74) is 0.573. The SMILES string of the molecule is CC(C)(c1ccccc1)c1nc(O)c(C2CCCCC2=O)c(O)n1. The van der Waals surface area contributed by atoms with Crippen molar-refractivity contribution in [2.24, 2.45) is 0 Å². The van der Waals surface area contributed by atoms with Gasteiger partial charge in [-0.05, 0) is 32.3 Å². The van der Waals surface area contributed by atoms with E-state index in [2.05, 4.69) is 9.97 Å². The summed E-state index contributed by atoms with van der Waals surface area (Å²) >= 11 is 0. The molecule has 1 aromatic heterocycles. The Kier molecular flexibility index (Phi) is 4.26. The number of carbonyl (C=O) groups is 1. The van der Waals surface area contributed by atoms with Gasteiger partial charge in [0, 0.05) is 11.8 Å². The summed E-state index contributed by atoms with van der Waals surface area (Å²) in [6.45, 7) is 3.87. The number of aromatic hydroxyl groups is 2. The highest BCUT2D eigenvalue weighted by atomic mass is 16.3. The third kappa shape index (κ3) is 2.86. The molecule has 0 saturated heterocycles. The smallest absolute Gasteiger partial charge is 0.222 e.